The zero-order valence-corrected chi connectivity index (χ0v) is 15.0. The quantitative estimate of drug-likeness (QED) is 0.785. The largest absolute Gasteiger partial charge is 0.491 e. The molecular weight excluding hydrogens is 344 g/mol. The summed E-state index contributed by atoms with van der Waals surface area (Å²) in [7, 11) is 0. The minimum atomic E-state index is -0.956. The van der Waals surface area contributed by atoms with E-state index in [-0.39, 0.29) is 19.1 Å². The van der Waals surface area contributed by atoms with E-state index in [2.05, 4.69) is 12.2 Å². The molecule has 0 radical (unpaired) electrons. The lowest BCUT2D eigenvalue weighted by molar-refractivity contribution is -0.133. The summed E-state index contributed by atoms with van der Waals surface area (Å²) in [6.07, 6.45) is 2.20. The van der Waals surface area contributed by atoms with Crippen LogP contribution in [0.1, 0.15) is 32.6 Å². The van der Waals surface area contributed by atoms with Gasteiger partial charge in [-0.3, -0.25) is 9.69 Å². The number of rotatable bonds is 5. The van der Waals surface area contributed by atoms with E-state index < -0.39 is 17.7 Å². The van der Waals surface area contributed by atoms with Gasteiger partial charge >= 0.3 is 6.03 Å². The second-order valence-corrected chi connectivity index (χ2v) is 7.47. The Morgan fingerprint density at radius 3 is 2.60 bits per heavy atom. The number of hydrogen-bond donors (Lipinski definition) is 2. The molecule has 0 unspecified atom stereocenters. The third-order valence-corrected chi connectivity index (χ3v) is 5.28. The van der Waals surface area contributed by atoms with Crippen molar-refractivity contribution >= 4 is 23.5 Å². The first kappa shape index (κ1) is 18.0. The van der Waals surface area contributed by atoms with Crippen molar-refractivity contribution in [3.05, 3.63) is 29.3 Å². The van der Waals surface area contributed by atoms with Crippen molar-refractivity contribution in [2.45, 2.75) is 44.2 Å². The molecule has 1 heterocycles. The minimum absolute atomic E-state index is 0.0112. The number of ether oxygens (including phenoxy) is 1. The highest BCUT2D eigenvalue weighted by molar-refractivity contribution is 6.30. The Hall–Kier alpha value is -1.79. The van der Waals surface area contributed by atoms with E-state index >= 15 is 0 Å². The molecule has 1 saturated carbocycles. The summed E-state index contributed by atoms with van der Waals surface area (Å²) in [5.41, 5.74) is -0.777. The summed E-state index contributed by atoms with van der Waals surface area (Å²) in [5.74, 6) is 0.913. The SMILES string of the molecule is CC1CCC2(CC1)NC(=O)N(C[C@@H](O)COc1ccc(Cl)cc1)C2=O. The van der Waals surface area contributed by atoms with Crippen molar-refractivity contribution in [1.82, 2.24) is 10.2 Å². The molecule has 2 fully saturated rings. The molecule has 1 aliphatic heterocycles. The number of aliphatic hydroxyl groups is 1. The van der Waals surface area contributed by atoms with Crippen molar-refractivity contribution in [3.63, 3.8) is 0 Å². The number of nitrogens with one attached hydrogen (secondary N) is 1. The molecule has 7 heteroatoms. The van der Waals surface area contributed by atoms with Gasteiger partial charge in [-0.15, -0.1) is 0 Å². The van der Waals surface area contributed by atoms with Gasteiger partial charge in [-0.05, 0) is 55.9 Å². The lowest BCUT2D eigenvalue weighted by atomic mass is 9.77. The first-order valence-electron chi connectivity index (χ1n) is 8.60. The third kappa shape index (κ3) is 3.90. The molecule has 136 valence electrons. The van der Waals surface area contributed by atoms with Crippen LogP contribution in [0.15, 0.2) is 24.3 Å². The summed E-state index contributed by atoms with van der Waals surface area (Å²) in [6.45, 7) is 2.07. The molecule has 3 rings (SSSR count). The number of carbonyl (C=O) groups is 2. The van der Waals surface area contributed by atoms with E-state index in [0.29, 0.717) is 29.5 Å². The Balaban J connectivity index is 1.55. The minimum Gasteiger partial charge on any atom is -0.491 e. The van der Waals surface area contributed by atoms with E-state index in [1.807, 2.05) is 0 Å². The number of hydrogen-bond acceptors (Lipinski definition) is 4. The van der Waals surface area contributed by atoms with Crippen LogP contribution < -0.4 is 10.1 Å². The van der Waals surface area contributed by atoms with Crippen LogP contribution in [-0.2, 0) is 4.79 Å². The maximum atomic E-state index is 12.7. The molecule has 2 N–H and O–H groups in total. The topological polar surface area (TPSA) is 78.9 Å². The van der Waals surface area contributed by atoms with Crippen molar-refractivity contribution in [2.75, 3.05) is 13.2 Å². The fraction of sp³-hybridized carbons (Fsp3) is 0.556. The van der Waals surface area contributed by atoms with Crippen LogP contribution in [0.2, 0.25) is 5.02 Å². The molecule has 1 aliphatic carbocycles. The number of carbonyl (C=O) groups excluding carboxylic acids is 2. The van der Waals surface area contributed by atoms with E-state index in [1.54, 1.807) is 24.3 Å². The lowest BCUT2D eigenvalue weighted by Crippen LogP contribution is -2.49. The van der Waals surface area contributed by atoms with Crippen LogP contribution in [-0.4, -0.2) is 46.7 Å². The Morgan fingerprint density at radius 2 is 1.96 bits per heavy atom. The molecular formula is C18H23ClN2O4. The predicted octanol–water partition coefficient (Wildman–Crippen LogP) is 2.58. The van der Waals surface area contributed by atoms with Crippen LogP contribution in [0.25, 0.3) is 0 Å². The zero-order chi connectivity index (χ0) is 18.0. The third-order valence-electron chi connectivity index (χ3n) is 5.02. The first-order chi connectivity index (χ1) is 11.9. The molecule has 1 aromatic rings. The smallest absolute Gasteiger partial charge is 0.325 e. The zero-order valence-electron chi connectivity index (χ0n) is 14.2. The van der Waals surface area contributed by atoms with Gasteiger partial charge < -0.3 is 15.2 Å². The summed E-state index contributed by atoms with van der Waals surface area (Å²) < 4.78 is 5.48. The number of amides is 3. The number of imide groups is 1. The van der Waals surface area contributed by atoms with Gasteiger partial charge in [0.15, 0.2) is 0 Å². The van der Waals surface area contributed by atoms with Crippen LogP contribution in [0.4, 0.5) is 4.79 Å². The second-order valence-electron chi connectivity index (χ2n) is 7.03. The van der Waals surface area contributed by atoms with Crippen LogP contribution in [0.3, 0.4) is 0 Å². The molecule has 6 nitrogen and oxygen atoms in total. The predicted molar refractivity (Wildman–Crippen MR) is 93.6 cm³/mol. The lowest BCUT2D eigenvalue weighted by Gasteiger charge is -2.33. The molecule has 1 saturated heterocycles. The number of halogens is 1. The average Bonchev–Trinajstić information content (AvgIpc) is 2.82. The van der Waals surface area contributed by atoms with Gasteiger partial charge in [-0.25, -0.2) is 4.79 Å². The molecule has 0 bridgehead atoms. The molecule has 25 heavy (non-hydrogen) atoms. The summed E-state index contributed by atoms with van der Waals surface area (Å²) in [4.78, 5) is 26.1. The van der Waals surface area contributed by atoms with Gasteiger partial charge in [-0.2, -0.15) is 0 Å². The van der Waals surface area contributed by atoms with Crippen molar-refractivity contribution in [3.8, 4) is 5.75 Å². The monoisotopic (exact) mass is 366 g/mol. The first-order valence-corrected chi connectivity index (χ1v) is 8.98. The fourth-order valence-corrected chi connectivity index (χ4v) is 3.55. The van der Waals surface area contributed by atoms with Gasteiger partial charge in [0.2, 0.25) is 0 Å². The van der Waals surface area contributed by atoms with Crippen molar-refractivity contribution < 1.29 is 19.4 Å². The molecule has 1 atom stereocenters. The number of benzene rings is 1. The van der Waals surface area contributed by atoms with E-state index in [4.69, 9.17) is 16.3 Å². The normalized spacial score (nSPS) is 27.5. The number of nitrogens with zero attached hydrogens (tertiary/aromatic N) is 1. The van der Waals surface area contributed by atoms with Gasteiger partial charge in [0.1, 0.15) is 24.0 Å². The van der Waals surface area contributed by atoms with E-state index in [9.17, 15) is 14.7 Å². The molecule has 2 aliphatic rings. The van der Waals surface area contributed by atoms with E-state index in [1.165, 1.54) is 0 Å². The van der Waals surface area contributed by atoms with Crippen LogP contribution in [0, 0.1) is 5.92 Å². The Labute approximate surface area is 152 Å². The van der Waals surface area contributed by atoms with Gasteiger partial charge in [0.25, 0.3) is 5.91 Å². The standard InChI is InChI=1S/C18H23ClN2O4/c1-12-6-8-18(9-7-12)16(23)21(17(24)20-18)10-14(22)11-25-15-4-2-13(19)3-5-15/h2-5,12,14,22H,6-11H2,1H3,(H,20,24)/t12?,14-,18?/m1/s1. The number of aliphatic hydroxyl groups excluding tert-OH is 1. The second kappa shape index (κ2) is 7.22. The summed E-state index contributed by atoms with van der Waals surface area (Å²) in [6, 6.07) is 6.34. The van der Waals surface area contributed by atoms with Crippen LogP contribution >= 0.6 is 11.6 Å². The molecule has 3 amide bonds. The van der Waals surface area contributed by atoms with E-state index in [0.717, 1.165) is 17.7 Å². The van der Waals surface area contributed by atoms with Crippen molar-refractivity contribution in [1.29, 1.82) is 0 Å². The Bertz CT molecular complexity index is 641. The summed E-state index contributed by atoms with van der Waals surface area (Å²) in [5, 5.41) is 13.6. The summed E-state index contributed by atoms with van der Waals surface area (Å²) >= 11 is 5.81. The fourth-order valence-electron chi connectivity index (χ4n) is 3.42. The van der Waals surface area contributed by atoms with Crippen molar-refractivity contribution in [2.24, 2.45) is 5.92 Å². The maximum absolute atomic E-state index is 12.7. The van der Waals surface area contributed by atoms with Gasteiger partial charge in [0, 0.05) is 5.02 Å². The highest BCUT2D eigenvalue weighted by atomic mass is 35.5. The Kier molecular flexibility index (Phi) is 5.20. The van der Waals surface area contributed by atoms with Crippen LogP contribution in [0.5, 0.6) is 5.75 Å². The molecule has 1 aromatic carbocycles. The highest BCUT2D eigenvalue weighted by Crippen LogP contribution is 2.36. The number of β-amino-alcohol motifs (C(OH)–C–C–N with tert-alkyl or cyclic N) is 1. The molecule has 1 spiro atoms. The van der Waals surface area contributed by atoms with Gasteiger partial charge in [0.05, 0.1) is 6.54 Å². The van der Waals surface area contributed by atoms with Gasteiger partial charge in [-0.1, -0.05) is 18.5 Å². The molecule has 0 aromatic heterocycles. The highest BCUT2D eigenvalue weighted by Gasteiger charge is 2.52. The number of urea groups is 1. The average molecular weight is 367 g/mol. The maximum Gasteiger partial charge on any atom is 0.325 e. The Morgan fingerprint density at radius 1 is 1.32 bits per heavy atom.